The fraction of sp³-hybridized carbons (Fsp3) is 0.963. The second-order valence-electron chi connectivity index (χ2n) is 26.7. The highest BCUT2D eigenvalue weighted by molar-refractivity contribution is 7.85. The van der Waals surface area contributed by atoms with Gasteiger partial charge in [-0.15, -0.1) is 0 Å². The van der Waals surface area contributed by atoms with Gasteiger partial charge in [-0.25, -0.2) is 4.98 Å². The van der Waals surface area contributed by atoms with Crippen LogP contribution in [0, 0.1) is 88.8 Å². The molecule has 0 unspecified atom stereocenters. The minimum absolute atomic E-state index is 0.239. The molecule has 396 valence electrons. The van der Waals surface area contributed by atoms with Gasteiger partial charge in [0.2, 0.25) is 34.7 Å². The van der Waals surface area contributed by atoms with Crippen LogP contribution < -0.4 is 0 Å². The molecule has 18 aliphatic rings. The van der Waals surface area contributed by atoms with E-state index in [-0.39, 0.29) is 19.1 Å². The second kappa shape index (κ2) is 17.9. The number of hydrogen-bond acceptors (Lipinski definition) is 15. The summed E-state index contributed by atoms with van der Waals surface area (Å²) in [5.74, 6) is 6.80. The van der Waals surface area contributed by atoms with Crippen LogP contribution in [0.5, 0.6) is 0 Å². The van der Waals surface area contributed by atoms with Crippen LogP contribution in [0.25, 0.3) is 0 Å². The van der Waals surface area contributed by atoms with Crippen molar-refractivity contribution < 1.29 is 61.2 Å². The number of aliphatic hydroxyl groups excluding tert-OH is 1. The first kappa shape index (κ1) is 48.1. The summed E-state index contributed by atoms with van der Waals surface area (Å²) in [5.41, 5.74) is 0. The third-order valence-electron chi connectivity index (χ3n) is 22.1. The maximum atomic E-state index is 11.2. The van der Waals surface area contributed by atoms with Crippen molar-refractivity contribution in [3.05, 3.63) is 12.7 Å². The number of rotatable bonds is 6. The molecule has 12 bridgehead atoms. The molecule has 71 heavy (non-hydrogen) atoms. The summed E-state index contributed by atoms with van der Waals surface area (Å²) in [4.78, 5) is 39.9. The molecule has 0 radical (unpaired) electrons. The Bertz CT molecular complexity index is 2100. The van der Waals surface area contributed by atoms with Gasteiger partial charge in [0.15, 0.2) is 0 Å². The van der Waals surface area contributed by atoms with Gasteiger partial charge < -0.3 is 19.3 Å². The van der Waals surface area contributed by atoms with Crippen LogP contribution in [-0.4, -0.2) is 82.5 Å². The van der Waals surface area contributed by atoms with Crippen molar-refractivity contribution in [3.63, 3.8) is 0 Å². The van der Waals surface area contributed by atoms with E-state index in [1.807, 2.05) is 4.68 Å². The predicted molar refractivity (Wildman–Crippen MR) is 251 cm³/mol. The smallest absolute Gasteiger partial charge is 0.264 e. The van der Waals surface area contributed by atoms with Gasteiger partial charge in [0.25, 0.3) is 10.1 Å². The van der Waals surface area contributed by atoms with E-state index in [9.17, 15) is 13.5 Å². The molecule has 3 aliphatic heterocycles. The standard InChI is InChI=1S/C19H27N3O3.C18H28O6S.C17H26O4/c1-3-18(4-2-13(1)10-22-12-20-11-21-22)23-19(25-24-18)16-6-14-5-15(8-16)9-17(19)7-14;1-25(19,20)21-11-12-2-4-17(5-3-12)22-18(24-23-17)15-7-13-6-14(9-15)10-16(18)8-13;18-10-11-1-3-16(4-2-11)19-17(21-20-16)14-6-12-5-13(8-14)9-15(17)7-12/h11-17H,1-10H2;12-16H,2-11H2,1H3;11-15,18H,1-10H2. The summed E-state index contributed by atoms with van der Waals surface area (Å²) < 4.78 is 49.3. The van der Waals surface area contributed by atoms with Gasteiger partial charge in [-0.3, -0.25) is 8.86 Å². The lowest BCUT2D eigenvalue weighted by Crippen LogP contribution is -2.59. The highest BCUT2D eigenvalue weighted by Crippen LogP contribution is 2.67. The molecule has 6 spiro atoms. The maximum absolute atomic E-state index is 11.2. The third kappa shape index (κ3) is 8.57. The summed E-state index contributed by atoms with van der Waals surface area (Å²) in [6.07, 6.45) is 34.8. The van der Waals surface area contributed by atoms with Crippen LogP contribution in [0.2, 0.25) is 0 Å². The molecule has 15 aliphatic carbocycles. The van der Waals surface area contributed by atoms with E-state index in [0.29, 0.717) is 47.3 Å². The molecule has 15 saturated carbocycles. The SMILES string of the molecule is CS(=O)(=O)OCC1CCC2(CC1)OOC1(O2)C2CC3CC(C2)CC1C3.OCC1CCC2(CC1)OOC1(O2)C2CC3CC(C2)CC1C3.c1ncn(CC2CCC3(CC2)OOC2(O3)C3CC4CC(C3)CC2C4)n1. The zero-order valence-electron chi connectivity index (χ0n) is 42.1. The van der Waals surface area contributed by atoms with Crippen molar-refractivity contribution in [3.8, 4) is 0 Å². The Balaban J connectivity index is 0.0000000998. The largest absolute Gasteiger partial charge is 0.396 e. The molecule has 1 aromatic heterocycles. The molecule has 18 fully saturated rings. The summed E-state index contributed by atoms with van der Waals surface area (Å²) >= 11 is 0. The Morgan fingerprint density at radius 2 is 0.845 bits per heavy atom. The molecule has 19 rings (SSSR count). The maximum Gasteiger partial charge on any atom is 0.264 e. The third-order valence-corrected chi connectivity index (χ3v) is 22.7. The first-order valence-electron chi connectivity index (χ1n) is 28.8. The zero-order chi connectivity index (χ0) is 47.9. The van der Waals surface area contributed by atoms with E-state index < -0.39 is 44.8 Å². The Kier molecular flexibility index (Phi) is 12.1. The van der Waals surface area contributed by atoms with Crippen LogP contribution in [-0.2, 0) is 64.4 Å². The Hall–Kier alpha value is -1.35. The summed E-state index contributed by atoms with van der Waals surface area (Å²) in [6.45, 7) is 1.49. The van der Waals surface area contributed by atoms with Crippen molar-refractivity contribution >= 4 is 10.1 Å². The topological polar surface area (TPSA) is 177 Å². The van der Waals surface area contributed by atoms with Crippen molar-refractivity contribution in [2.75, 3.05) is 19.5 Å². The van der Waals surface area contributed by atoms with Crippen molar-refractivity contribution in [2.45, 2.75) is 215 Å². The average molecular weight is 1010 g/mol. The van der Waals surface area contributed by atoms with E-state index in [4.69, 9.17) is 47.7 Å². The average Bonchev–Trinajstić information content (AvgIpc) is 4.17. The van der Waals surface area contributed by atoms with E-state index in [1.54, 1.807) is 12.7 Å². The van der Waals surface area contributed by atoms with E-state index >= 15 is 0 Å². The van der Waals surface area contributed by atoms with Crippen LogP contribution in [0.1, 0.15) is 173 Å². The Morgan fingerprint density at radius 3 is 1.15 bits per heavy atom. The number of aromatic nitrogens is 3. The van der Waals surface area contributed by atoms with Crippen molar-refractivity contribution in [1.82, 2.24) is 14.8 Å². The van der Waals surface area contributed by atoms with Crippen LogP contribution in [0.4, 0.5) is 0 Å². The monoisotopic (exact) mass is 1010 g/mol. The lowest BCUT2D eigenvalue weighted by atomic mass is 9.53. The summed E-state index contributed by atoms with van der Waals surface area (Å²) in [7, 11) is -3.37. The molecule has 0 amide bonds. The van der Waals surface area contributed by atoms with Gasteiger partial charge >= 0.3 is 0 Å². The first-order chi connectivity index (χ1) is 34.3. The molecule has 0 atom stereocenters. The molecular weight excluding hydrogens is 931 g/mol. The molecule has 4 heterocycles. The van der Waals surface area contributed by atoms with E-state index in [2.05, 4.69) is 10.1 Å². The van der Waals surface area contributed by atoms with Gasteiger partial charge in [-0.05, 0) is 188 Å². The normalized spacial score (nSPS) is 53.4. The minimum Gasteiger partial charge on any atom is -0.396 e. The van der Waals surface area contributed by atoms with E-state index in [0.717, 1.165) is 125 Å². The summed E-state index contributed by atoms with van der Waals surface area (Å²) in [6, 6.07) is 0. The number of hydrogen-bond donors (Lipinski definition) is 1. The Morgan fingerprint density at radius 1 is 0.507 bits per heavy atom. The molecule has 3 saturated heterocycles. The van der Waals surface area contributed by atoms with Crippen LogP contribution >= 0.6 is 0 Å². The van der Waals surface area contributed by atoms with Crippen LogP contribution in [0.15, 0.2) is 12.7 Å². The lowest BCUT2D eigenvalue weighted by molar-refractivity contribution is -0.390. The molecule has 1 aromatic rings. The van der Waals surface area contributed by atoms with Gasteiger partial charge in [-0.2, -0.15) is 42.8 Å². The molecule has 17 heteroatoms. The van der Waals surface area contributed by atoms with Gasteiger partial charge in [0, 0.05) is 87.2 Å². The highest BCUT2D eigenvalue weighted by Gasteiger charge is 2.70. The quantitative estimate of drug-likeness (QED) is 0.211. The fourth-order valence-corrected chi connectivity index (χ4v) is 19.5. The fourth-order valence-electron chi connectivity index (χ4n) is 19.1. The van der Waals surface area contributed by atoms with Crippen molar-refractivity contribution in [1.29, 1.82) is 0 Å². The summed E-state index contributed by atoms with van der Waals surface area (Å²) in [5, 5.41) is 13.6. The molecule has 1 N–H and O–H groups in total. The van der Waals surface area contributed by atoms with Gasteiger partial charge in [0.05, 0.1) is 12.9 Å². The molecular formula is C54H81N3O13S. The zero-order valence-corrected chi connectivity index (χ0v) is 42.9. The highest BCUT2D eigenvalue weighted by atomic mass is 32.2. The molecule has 16 nitrogen and oxygen atoms in total. The Labute approximate surface area is 420 Å². The lowest BCUT2D eigenvalue weighted by Gasteiger charge is -2.57. The van der Waals surface area contributed by atoms with Crippen molar-refractivity contribution in [2.24, 2.45) is 88.8 Å². The number of nitrogens with zero attached hydrogens (tertiary/aromatic N) is 3. The minimum atomic E-state index is -3.37. The van der Waals surface area contributed by atoms with E-state index in [1.165, 1.54) is 96.3 Å². The second-order valence-corrected chi connectivity index (χ2v) is 28.4. The first-order valence-corrected chi connectivity index (χ1v) is 30.6. The number of aliphatic hydroxyl groups is 1. The predicted octanol–water partition coefficient (Wildman–Crippen LogP) is 9.27. The van der Waals surface area contributed by atoms with Crippen LogP contribution in [0.3, 0.4) is 0 Å². The number of ether oxygens (including phenoxy) is 3. The molecule has 0 aromatic carbocycles. The van der Waals surface area contributed by atoms with Gasteiger partial charge in [0.1, 0.15) is 12.7 Å². The van der Waals surface area contributed by atoms with Gasteiger partial charge in [-0.1, -0.05) is 0 Å².